The molecule has 11 heteroatoms. The number of carbonyl (C=O) groups excluding carboxylic acids is 2. The minimum atomic E-state index is -4.43. The third kappa shape index (κ3) is 6.19. The van der Waals surface area contributed by atoms with Crippen LogP contribution >= 0.6 is 11.8 Å². The van der Waals surface area contributed by atoms with Crippen molar-refractivity contribution in [3.05, 3.63) is 5.82 Å². The molecule has 1 fully saturated rings. The summed E-state index contributed by atoms with van der Waals surface area (Å²) in [4.78, 5) is 25.4. The van der Waals surface area contributed by atoms with Gasteiger partial charge in [-0.25, -0.2) is 0 Å². The van der Waals surface area contributed by atoms with Gasteiger partial charge in [0.2, 0.25) is 11.8 Å². The number of likely N-dealkylation sites (tertiary alicyclic amines) is 1. The maximum atomic E-state index is 12.1. The number of hydrogen-bond acceptors (Lipinski definition) is 5. The van der Waals surface area contributed by atoms with E-state index in [1.165, 1.54) is 0 Å². The van der Waals surface area contributed by atoms with Crippen molar-refractivity contribution in [3.8, 4) is 0 Å². The normalized spacial score (nSPS) is 15.8. The van der Waals surface area contributed by atoms with Gasteiger partial charge < -0.3 is 14.8 Å². The Morgan fingerprint density at radius 3 is 2.73 bits per heavy atom. The van der Waals surface area contributed by atoms with Crippen molar-refractivity contribution < 1.29 is 22.8 Å². The molecule has 1 aliphatic heterocycles. The van der Waals surface area contributed by atoms with E-state index in [1.54, 1.807) is 9.47 Å². The molecule has 0 saturated carbocycles. The molecule has 26 heavy (non-hydrogen) atoms. The fraction of sp³-hybridized carbons (Fsp3) is 0.733. The largest absolute Gasteiger partial charge is 0.405 e. The third-order valence-corrected chi connectivity index (χ3v) is 4.90. The summed E-state index contributed by atoms with van der Waals surface area (Å²) in [5, 5.41) is 10.4. The summed E-state index contributed by atoms with van der Waals surface area (Å²) < 4.78 is 38.1. The van der Waals surface area contributed by atoms with E-state index in [2.05, 4.69) is 10.2 Å². The van der Waals surface area contributed by atoms with Crippen LogP contribution in [0.4, 0.5) is 13.2 Å². The van der Waals surface area contributed by atoms with E-state index in [-0.39, 0.29) is 11.7 Å². The van der Waals surface area contributed by atoms with Gasteiger partial charge in [0, 0.05) is 19.5 Å². The van der Waals surface area contributed by atoms with E-state index in [0.717, 1.165) is 31.0 Å². The number of aromatic nitrogens is 3. The fourth-order valence-electron chi connectivity index (χ4n) is 2.62. The average Bonchev–Trinajstić information content (AvgIpc) is 2.85. The Labute approximate surface area is 153 Å². The molecule has 7 nitrogen and oxygen atoms in total. The van der Waals surface area contributed by atoms with Crippen LogP contribution in [0.15, 0.2) is 5.16 Å². The predicted molar refractivity (Wildman–Crippen MR) is 89.4 cm³/mol. The molecule has 1 N–H and O–H groups in total. The minimum Gasteiger partial charge on any atom is -0.346 e. The molecule has 0 spiro atoms. The van der Waals surface area contributed by atoms with Crippen LogP contribution < -0.4 is 5.32 Å². The number of rotatable bonds is 7. The van der Waals surface area contributed by atoms with E-state index in [1.807, 2.05) is 12.2 Å². The molecular formula is C15H22F3N5O2S. The quantitative estimate of drug-likeness (QED) is 0.717. The smallest absolute Gasteiger partial charge is 0.346 e. The summed E-state index contributed by atoms with van der Waals surface area (Å²) >= 11 is 1.02. The van der Waals surface area contributed by atoms with E-state index >= 15 is 0 Å². The van der Waals surface area contributed by atoms with Crippen molar-refractivity contribution in [2.24, 2.45) is 0 Å². The number of alkyl halides is 3. The molecule has 2 rings (SSSR count). The number of halogens is 3. The van der Waals surface area contributed by atoms with Crippen LogP contribution in [0.3, 0.4) is 0 Å². The van der Waals surface area contributed by atoms with Gasteiger partial charge in [0.05, 0.1) is 12.3 Å². The molecule has 0 aliphatic carbocycles. The summed E-state index contributed by atoms with van der Waals surface area (Å²) in [5.41, 5.74) is 0. The van der Waals surface area contributed by atoms with E-state index in [9.17, 15) is 22.8 Å². The SMILES string of the molecule is CCn1c(CN2CCCCCC2=O)nnc1SCC(=O)NCC(F)(F)F. The highest BCUT2D eigenvalue weighted by Gasteiger charge is 2.28. The van der Waals surface area contributed by atoms with Crippen molar-refractivity contribution >= 4 is 23.6 Å². The van der Waals surface area contributed by atoms with Crippen LogP contribution in [0.25, 0.3) is 0 Å². The molecule has 2 heterocycles. The highest BCUT2D eigenvalue weighted by molar-refractivity contribution is 7.99. The first kappa shape index (κ1) is 20.5. The molecule has 1 aliphatic rings. The lowest BCUT2D eigenvalue weighted by Crippen LogP contribution is -2.34. The Morgan fingerprint density at radius 2 is 2.04 bits per heavy atom. The second-order valence-electron chi connectivity index (χ2n) is 5.95. The Kier molecular flexibility index (Phi) is 7.30. The first-order valence-corrected chi connectivity index (χ1v) is 9.45. The number of hydrogen-bond donors (Lipinski definition) is 1. The van der Waals surface area contributed by atoms with Gasteiger partial charge in [-0.15, -0.1) is 10.2 Å². The van der Waals surface area contributed by atoms with E-state index < -0.39 is 18.6 Å². The van der Waals surface area contributed by atoms with E-state index in [0.29, 0.717) is 37.0 Å². The third-order valence-electron chi connectivity index (χ3n) is 3.93. The summed E-state index contributed by atoms with van der Waals surface area (Å²) in [6.45, 7) is 2.09. The molecule has 0 unspecified atom stereocenters. The van der Waals surface area contributed by atoms with Crippen molar-refractivity contribution in [1.82, 2.24) is 25.0 Å². The Bertz CT molecular complexity index is 635. The van der Waals surface area contributed by atoms with E-state index in [4.69, 9.17) is 0 Å². The molecule has 0 aromatic carbocycles. The van der Waals surface area contributed by atoms with Gasteiger partial charge in [0.25, 0.3) is 0 Å². The summed E-state index contributed by atoms with van der Waals surface area (Å²) in [6.07, 6.45) is -1.04. The standard InChI is InChI=1S/C15H22F3N5O2S/c1-2-23-11(8-22-7-5-3-4-6-13(22)25)20-21-14(23)26-9-12(24)19-10-15(16,17)18/h2-10H2,1H3,(H,19,24). The Hall–Kier alpha value is -1.78. The molecule has 0 bridgehead atoms. The second kappa shape index (κ2) is 9.24. The molecule has 2 amide bonds. The molecule has 146 valence electrons. The number of amides is 2. The molecule has 0 atom stereocenters. The second-order valence-corrected chi connectivity index (χ2v) is 6.89. The predicted octanol–water partition coefficient (Wildman–Crippen LogP) is 1.97. The van der Waals surface area contributed by atoms with Crippen LogP contribution in [-0.2, 0) is 22.7 Å². The lowest BCUT2D eigenvalue weighted by molar-refractivity contribution is -0.136. The number of nitrogens with one attached hydrogen (secondary N) is 1. The van der Waals surface area contributed by atoms with Crippen molar-refractivity contribution in [2.45, 2.75) is 57.0 Å². The van der Waals surface area contributed by atoms with Gasteiger partial charge in [0.15, 0.2) is 11.0 Å². The molecule has 0 radical (unpaired) electrons. The highest BCUT2D eigenvalue weighted by Crippen LogP contribution is 2.20. The van der Waals surface area contributed by atoms with Crippen LogP contribution in [0.2, 0.25) is 0 Å². The highest BCUT2D eigenvalue weighted by atomic mass is 32.2. The first-order chi connectivity index (χ1) is 12.3. The van der Waals surface area contributed by atoms with Crippen molar-refractivity contribution in [2.75, 3.05) is 18.8 Å². The molecule has 1 saturated heterocycles. The van der Waals surface area contributed by atoms with Crippen LogP contribution in [0.5, 0.6) is 0 Å². The Balaban J connectivity index is 1.94. The van der Waals surface area contributed by atoms with Crippen LogP contribution in [0, 0.1) is 0 Å². The Morgan fingerprint density at radius 1 is 1.27 bits per heavy atom. The monoisotopic (exact) mass is 393 g/mol. The van der Waals surface area contributed by atoms with Gasteiger partial charge in [-0.1, -0.05) is 18.2 Å². The van der Waals surface area contributed by atoms with Gasteiger partial charge in [-0.05, 0) is 19.8 Å². The summed E-state index contributed by atoms with van der Waals surface area (Å²) in [7, 11) is 0. The zero-order valence-electron chi connectivity index (χ0n) is 14.5. The summed E-state index contributed by atoms with van der Waals surface area (Å²) in [6, 6.07) is 0. The van der Waals surface area contributed by atoms with Gasteiger partial charge >= 0.3 is 6.18 Å². The summed E-state index contributed by atoms with van der Waals surface area (Å²) in [5.74, 6) is -0.200. The minimum absolute atomic E-state index is 0.0916. The molecular weight excluding hydrogens is 371 g/mol. The first-order valence-electron chi connectivity index (χ1n) is 8.46. The zero-order chi connectivity index (χ0) is 19.2. The maximum Gasteiger partial charge on any atom is 0.405 e. The number of carbonyl (C=O) groups is 2. The number of thioether (sulfide) groups is 1. The lowest BCUT2D eigenvalue weighted by atomic mass is 10.2. The van der Waals surface area contributed by atoms with Crippen LogP contribution in [-0.4, -0.2) is 56.5 Å². The fourth-order valence-corrected chi connectivity index (χ4v) is 3.47. The topological polar surface area (TPSA) is 80.1 Å². The average molecular weight is 393 g/mol. The number of nitrogens with zero attached hydrogens (tertiary/aromatic N) is 4. The zero-order valence-corrected chi connectivity index (χ0v) is 15.3. The van der Waals surface area contributed by atoms with Crippen LogP contribution in [0.1, 0.15) is 38.4 Å². The van der Waals surface area contributed by atoms with Crippen molar-refractivity contribution in [3.63, 3.8) is 0 Å². The van der Waals surface area contributed by atoms with Gasteiger partial charge in [0.1, 0.15) is 6.54 Å². The van der Waals surface area contributed by atoms with Crippen molar-refractivity contribution in [1.29, 1.82) is 0 Å². The maximum absolute atomic E-state index is 12.1. The van der Waals surface area contributed by atoms with Gasteiger partial charge in [-0.3, -0.25) is 9.59 Å². The molecule has 1 aromatic rings. The van der Waals surface area contributed by atoms with Gasteiger partial charge in [-0.2, -0.15) is 13.2 Å². The lowest BCUT2D eigenvalue weighted by Gasteiger charge is -2.20. The molecule has 1 aromatic heterocycles.